The van der Waals surface area contributed by atoms with E-state index in [1.807, 2.05) is 6.08 Å². The number of carbonyl (C=O) groups excluding carboxylic acids is 4. The number of ether oxygens (including phenoxy) is 1. The monoisotopic (exact) mass is 501 g/mol. The van der Waals surface area contributed by atoms with E-state index >= 15 is 0 Å². The van der Waals surface area contributed by atoms with Crippen molar-refractivity contribution >= 4 is 23.6 Å². The third-order valence-electron chi connectivity index (χ3n) is 7.44. The lowest BCUT2D eigenvalue weighted by atomic mass is 9.91. The number of esters is 1. The fraction of sp³-hybridized carbons (Fsp3) is 0.654. The highest BCUT2D eigenvalue weighted by molar-refractivity contribution is 5.98. The molecule has 0 spiro atoms. The number of nitrogens with one attached hydrogen (secondary N) is 1. The predicted molar refractivity (Wildman–Crippen MR) is 128 cm³/mol. The molecule has 1 saturated heterocycles. The zero-order valence-electron chi connectivity index (χ0n) is 20.9. The van der Waals surface area contributed by atoms with E-state index in [1.165, 1.54) is 11.0 Å². The van der Waals surface area contributed by atoms with Crippen LogP contribution < -0.4 is 5.32 Å². The van der Waals surface area contributed by atoms with E-state index in [-0.39, 0.29) is 49.4 Å². The van der Waals surface area contributed by atoms with Gasteiger partial charge >= 0.3 is 5.97 Å². The molecule has 4 rings (SSSR count). The summed E-state index contributed by atoms with van der Waals surface area (Å²) in [7, 11) is 0. The number of rotatable bonds is 4. The Morgan fingerprint density at radius 2 is 2.11 bits per heavy atom. The Balaban J connectivity index is 1.58. The normalized spacial score (nSPS) is 32.0. The van der Waals surface area contributed by atoms with Crippen molar-refractivity contribution in [1.29, 1.82) is 0 Å². The minimum absolute atomic E-state index is 0.000413. The molecule has 10 heteroatoms. The summed E-state index contributed by atoms with van der Waals surface area (Å²) in [6.07, 6.45) is 7.48. The Labute approximate surface area is 210 Å². The van der Waals surface area contributed by atoms with Gasteiger partial charge in [-0.05, 0) is 45.4 Å². The molecule has 1 aliphatic carbocycles. The lowest BCUT2D eigenvalue weighted by Crippen LogP contribution is -2.52. The Bertz CT molecular complexity index is 1030. The zero-order chi connectivity index (χ0) is 25.9. The van der Waals surface area contributed by atoms with Crippen LogP contribution in [0.25, 0.3) is 0 Å². The molecule has 2 amide bonds. The number of fused-ring (bicyclic) bond motifs is 2. The molecular weight excluding hydrogens is 466 g/mol. The fourth-order valence-corrected chi connectivity index (χ4v) is 5.37. The number of aliphatic hydroxyl groups is 1. The van der Waals surface area contributed by atoms with Gasteiger partial charge < -0.3 is 24.6 Å². The number of aromatic nitrogens is 1. The molecule has 2 aliphatic heterocycles. The predicted octanol–water partition coefficient (Wildman–Crippen LogP) is 2.09. The first-order valence-corrected chi connectivity index (χ1v) is 12.8. The zero-order valence-corrected chi connectivity index (χ0v) is 20.9. The lowest BCUT2D eigenvalue weighted by Gasteiger charge is -2.29. The number of aryl methyl sites for hydroxylation is 1. The van der Waals surface area contributed by atoms with Crippen LogP contribution in [-0.2, 0) is 19.1 Å². The van der Waals surface area contributed by atoms with E-state index in [2.05, 4.69) is 16.5 Å². The molecule has 10 nitrogen and oxygen atoms in total. The van der Waals surface area contributed by atoms with Crippen molar-refractivity contribution in [3.05, 3.63) is 29.7 Å². The molecule has 1 aromatic rings. The summed E-state index contributed by atoms with van der Waals surface area (Å²) in [6.45, 7) is 3.63. The van der Waals surface area contributed by atoms with Gasteiger partial charge in [0.15, 0.2) is 11.5 Å². The topological polar surface area (TPSA) is 139 Å². The Kier molecular flexibility index (Phi) is 7.92. The second-order valence-corrected chi connectivity index (χ2v) is 10.1. The second-order valence-electron chi connectivity index (χ2n) is 10.1. The number of Topliss-reactive ketones (excluding diaryl/α,β-unsaturated/α-hetero) is 1. The third kappa shape index (κ3) is 5.53. The molecule has 0 aromatic carbocycles. The van der Waals surface area contributed by atoms with E-state index in [9.17, 15) is 24.3 Å². The summed E-state index contributed by atoms with van der Waals surface area (Å²) in [6, 6.07) is -0.239. The molecule has 0 radical (unpaired) electrons. The first-order chi connectivity index (χ1) is 17.2. The molecule has 1 saturated carbocycles. The van der Waals surface area contributed by atoms with Gasteiger partial charge in [0.05, 0.1) is 24.2 Å². The van der Waals surface area contributed by atoms with Crippen molar-refractivity contribution in [3.8, 4) is 0 Å². The van der Waals surface area contributed by atoms with Crippen molar-refractivity contribution in [2.24, 2.45) is 11.3 Å². The van der Waals surface area contributed by atoms with Crippen LogP contribution in [0, 0.1) is 18.3 Å². The van der Waals surface area contributed by atoms with Crippen LogP contribution in [0.15, 0.2) is 22.7 Å². The Hall–Kier alpha value is -3.01. The smallest absolute Gasteiger partial charge is 0.313 e. The molecule has 0 unspecified atom stereocenters. The van der Waals surface area contributed by atoms with E-state index in [0.717, 1.165) is 19.3 Å². The maximum Gasteiger partial charge on any atom is 0.313 e. The first kappa shape index (κ1) is 26.1. The fourth-order valence-electron chi connectivity index (χ4n) is 5.37. The molecule has 196 valence electrons. The van der Waals surface area contributed by atoms with Gasteiger partial charge in [0, 0.05) is 25.5 Å². The Morgan fingerprint density at radius 3 is 2.83 bits per heavy atom. The minimum Gasteiger partial charge on any atom is -0.466 e. The number of carbonyl (C=O) groups is 4. The van der Waals surface area contributed by atoms with Gasteiger partial charge in [0.1, 0.15) is 11.8 Å². The molecular formula is C26H35N3O7. The van der Waals surface area contributed by atoms with Gasteiger partial charge in [-0.1, -0.05) is 30.2 Å². The van der Waals surface area contributed by atoms with E-state index < -0.39 is 35.4 Å². The highest BCUT2D eigenvalue weighted by Gasteiger charge is 2.61. The SMILES string of the molecule is CCOC(=O)[C@]12CC(=O)[C@@H]3C[C@@H](O)CN3C(=O)[C@@H](NC(=O)c3cc(C)on3)CCCCC/C=C\[C@@H]1C2. The largest absolute Gasteiger partial charge is 0.466 e. The molecule has 3 heterocycles. The van der Waals surface area contributed by atoms with Crippen LogP contribution >= 0.6 is 0 Å². The average molecular weight is 502 g/mol. The molecule has 36 heavy (non-hydrogen) atoms. The number of nitrogens with zero attached hydrogens (tertiary/aromatic N) is 2. The van der Waals surface area contributed by atoms with Crippen LogP contribution in [0.3, 0.4) is 0 Å². The van der Waals surface area contributed by atoms with E-state index in [1.54, 1.807) is 13.8 Å². The quantitative estimate of drug-likeness (QED) is 0.472. The summed E-state index contributed by atoms with van der Waals surface area (Å²) >= 11 is 0. The number of ketones is 1. The number of hydrogen-bond acceptors (Lipinski definition) is 8. The summed E-state index contributed by atoms with van der Waals surface area (Å²) in [4.78, 5) is 54.1. The number of amides is 2. The molecule has 2 N–H and O–H groups in total. The molecule has 1 aromatic heterocycles. The molecule has 5 atom stereocenters. The van der Waals surface area contributed by atoms with Crippen LogP contribution in [-0.4, -0.2) is 70.1 Å². The standard InChI is InChI=1S/C26H35N3O7/c1-3-35-25(34)26-13-17(26)9-7-5-4-6-8-10-19(27-23(32)20-11-16(2)36-28-20)24(33)29-15-18(30)12-21(29)22(31)14-26/h7,9,11,17-19,21,30H,3-6,8,10,12-15H2,1-2H3,(H,27,32)/b9-7-/t17-,18-,19+,21+,26-/m1/s1. The lowest BCUT2D eigenvalue weighted by molar-refractivity contribution is -0.152. The summed E-state index contributed by atoms with van der Waals surface area (Å²) < 4.78 is 10.3. The summed E-state index contributed by atoms with van der Waals surface area (Å²) in [5, 5.41) is 16.9. The van der Waals surface area contributed by atoms with Gasteiger partial charge in [0.25, 0.3) is 5.91 Å². The molecule has 0 bridgehead atoms. The van der Waals surface area contributed by atoms with Gasteiger partial charge in [-0.25, -0.2) is 0 Å². The maximum absolute atomic E-state index is 13.6. The van der Waals surface area contributed by atoms with E-state index in [0.29, 0.717) is 25.0 Å². The first-order valence-electron chi connectivity index (χ1n) is 12.8. The highest BCUT2D eigenvalue weighted by atomic mass is 16.5. The van der Waals surface area contributed by atoms with Crippen LogP contribution in [0.4, 0.5) is 0 Å². The molecule has 3 aliphatic rings. The van der Waals surface area contributed by atoms with Gasteiger partial charge in [-0.3, -0.25) is 19.2 Å². The van der Waals surface area contributed by atoms with Gasteiger partial charge in [-0.2, -0.15) is 0 Å². The number of allylic oxidation sites excluding steroid dienone is 2. The third-order valence-corrected chi connectivity index (χ3v) is 7.44. The van der Waals surface area contributed by atoms with Crippen LogP contribution in [0.1, 0.15) is 74.5 Å². The van der Waals surface area contributed by atoms with Crippen molar-refractivity contribution < 1.29 is 33.5 Å². The van der Waals surface area contributed by atoms with Crippen LogP contribution in [0.2, 0.25) is 0 Å². The summed E-state index contributed by atoms with van der Waals surface area (Å²) in [5.74, 6) is -1.19. The second kappa shape index (κ2) is 10.9. The van der Waals surface area contributed by atoms with Crippen molar-refractivity contribution in [2.45, 2.75) is 83.4 Å². The number of aliphatic hydroxyl groups excluding tert-OH is 1. The molecule has 2 fully saturated rings. The van der Waals surface area contributed by atoms with Gasteiger partial charge in [-0.15, -0.1) is 0 Å². The highest BCUT2D eigenvalue weighted by Crippen LogP contribution is 2.57. The average Bonchev–Trinajstić information content (AvgIpc) is 3.13. The Morgan fingerprint density at radius 1 is 1.31 bits per heavy atom. The van der Waals surface area contributed by atoms with Crippen molar-refractivity contribution in [1.82, 2.24) is 15.4 Å². The minimum atomic E-state index is -0.912. The maximum atomic E-state index is 13.6. The van der Waals surface area contributed by atoms with E-state index in [4.69, 9.17) is 9.26 Å². The summed E-state index contributed by atoms with van der Waals surface area (Å²) in [5.41, 5.74) is -0.837. The van der Waals surface area contributed by atoms with Crippen molar-refractivity contribution in [3.63, 3.8) is 0 Å². The number of hydrogen-bond donors (Lipinski definition) is 2. The van der Waals surface area contributed by atoms with Gasteiger partial charge in [0.2, 0.25) is 5.91 Å². The van der Waals surface area contributed by atoms with Crippen LogP contribution in [0.5, 0.6) is 0 Å². The van der Waals surface area contributed by atoms with Crippen molar-refractivity contribution in [2.75, 3.05) is 13.2 Å².